The first-order valence-electron chi connectivity index (χ1n) is 6.43. The van der Waals surface area contributed by atoms with Crippen LogP contribution in [0.2, 0.25) is 0 Å². The lowest BCUT2D eigenvalue weighted by atomic mass is 10.1. The van der Waals surface area contributed by atoms with Gasteiger partial charge in [-0.25, -0.2) is 15.8 Å². The second-order valence-corrected chi connectivity index (χ2v) is 4.12. The third-order valence-electron chi connectivity index (χ3n) is 2.79. The van der Waals surface area contributed by atoms with E-state index in [1.54, 1.807) is 7.11 Å². The van der Waals surface area contributed by atoms with E-state index in [-0.39, 0.29) is 6.61 Å². The molecule has 108 valence electrons. The molecule has 7 nitrogen and oxygen atoms in total. The summed E-state index contributed by atoms with van der Waals surface area (Å²) in [5.74, 6) is 6.92. The minimum absolute atomic E-state index is 0.0602. The van der Waals surface area contributed by atoms with Gasteiger partial charge in [0.1, 0.15) is 18.0 Å². The normalized spacial score (nSPS) is 10.5. The Labute approximate surface area is 113 Å². The van der Waals surface area contributed by atoms with E-state index in [0.29, 0.717) is 25.5 Å². The molecular formula is C12H23N5O2. The van der Waals surface area contributed by atoms with E-state index < -0.39 is 0 Å². The first-order chi connectivity index (χ1) is 9.28. The zero-order valence-corrected chi connectivity index (χ0v) is 11.6. The van der Waals surface area contributed by atoms with Crippen molar-refractivity contribution in [3.8, 4) is 0 Å². The number of nitrogens with two attached hydrogens (primary N) is 1. The van der Waals surface area contributed by atoms with E-state index in [0.717, 1.165) is 24.2 Å². The first-order valence-corrected chi connectivity index (χ1v) is 6.43. The van der Waals surface area contributed by atoms with Gasteiger partial charge in [-0.05, 0) is 6.42 Å². The van der Waals surface area contributed by atoms with E-state index in [1.165, 1.54) is 6.33 Å². The van der Waals surface area contributed by atoms with Gasteiger partial charge in [0.15, 0.2) is 0 Å². The standard InChI is InChI=1S/C12H23N5O2/c1-3-4-10-11(16-13)14-9-15-12(10)17(5-7-18)6-8-19-2/h9,18H,3-8,13H2,1-2H3,(H,14,15,16). The summed E-state index contributed by atoms with van der Waals surface area (Å²) < 4.78 is 5.09. The van der Waals surface area contributed by atoms with Crippen LogP contribution in [-0.2, 0) is 11.2 Å². The number of nitrogens with zero attached hydrogens (tertiary/aromatic N) is 3. The first kappa shape index (κ1) is 15.6. The number of hydrazine groups is 1. The van der Waals surface area contributed by atoms with Crippen LogP contribution in [0.3, 0.4) is 0 Å². The second-order valence-electron chi connectivity index (χ2n) is 4.12. The number of rotatable bonds is 9. The molecule has 1 heterocycles. The number of hydrogen-bond donors (Lipinski definition) is 3. The molecule has 0 aromatic carbocycles. The number of anilines is 2. The Hall–Kier alpha value is -1.44. The van der Waals surface area contributed by atoms with Gasteiger partial charge in [-0.2, -0.15) is 0 Å². The van der Waals surface area contributed by atoms with E-state index >= 15 is 0 Å². The monoisotopic (exact) mass is 269 g/mol. The van der Waals surface area contributed by atoms with Gasteiger partial charge in [-0.15, -0.1) is 0 Å². The van der Waals surface area contributed by atoms with Crippen molar-refractivity contribution in [3.63, 3.8) is 0 Å². The molecule has 19 heavy (non-hydrogen) atoms. The van der Waals surface area contributed by atoms with Crippen LogP contribution in [0.15, 0.2) is 6.33 Å². The lowest BCUT2D eigenvalue weighted by molar-refractivity contribution is 0.202. The van der Waals surface area contributed by atoms with Crippen molar-refractivity contribution in [2.75, 3.05) is 43.7 Å². The Morgan fingerprint density at radius 2 is 2.21 bits per heavy atom. The number of nitrogens with one attached hydrogen (secondary N) is 1. The largest absolute Gasteiger partial charge is 0.395 e. The summed E-state index contributed by atoms with van der Waals surface area (Å²) in [6.45, 7) is 3.88. The number of methoxy groups -OCH3 is 1. The molecule has 7 heteroatoms. The highest BCUT2D eigenvalue weighted by atomic mass is 16.5. The summed E-state index contributed by atoms with van der Waals surface area (Å²) in [6.07, 6.45) is 3.26. The summed E-state index contributed by atoms with van der Waals surface area (Å²) in [5.41, 5.74) is 3.57. The molecule has 1 aromatic heterocycles. The number of hydrogen-bond acceptors (Lipinski definition) is 7. The van der Waals surface area contributed by atoms with Crippen molar-refractivity contribution in [2.45, 2.75) is 19.8 Å². The molecular weight excluding hydrogens is 246 g/mol. The molecule has 0 amide bonds. The molecule has 0 bridgehead atoms. The van der Waals surface area contributed by atoms with Crippen LogP contribution in [0.5, 0.6) is 0 Å². The average molecular weight is 269 g/mol. The Balaban J connectivity index is 3.05. The molecule has 0 radical (unpaired) electrons. The topological polar surface area (TPSA) is 96.5 Å². The maximum atomic E-state index is 9.18. The zero-order valence-electron chi connectivity index (χ0n) is 11.6. The minimum atomic E-state index is 0.0602. The molecule has 1 rings (SSSR count). The Bertz CT molecular complexity index is 375. The highest BCUT2D eigenvalue weighted by Crippen LogP contribution is 2.24. The van der Waals surface area contributed by atoms with Crippen LogP contribution < -0.4 is 16.2 Å². The molecule has 0 aliphatic carbocycles. The van der Waals surface area contributed by atoms with Crippen molar-refractivity contribution in [1.82, 2.24) is 9.97 Å². The summed E-state index contributed by atoms with van der Waals surface area (Å²) >= 11 is 0. The number of aliphatic hydroxyl groups excluding tert-OH is 1. The van der Waals surface area contributed by atoms with Gasteiger partial charge in [-0.1, -0.05) is 13.3 Å². The van der Waals surface area contributed by atoms with Crippen LogP contribution in [0.25, 0.3) is 0 Å². The van der Waals surface area contributed by atoms with E-state index in [4.69, 9.17) is 10.6 Å². The molecule has 0 aliphatic rings. The minimum Gasteiger partial charge on any atom is -0.395 e. The van der Waals surface area contributed by atoms with Gasteiger partial charge in [0.25, 0.3) is 0 Å². The zero-order chi connectivity index (χ0) is 14.1. The van der Waals surface area contributed by atoms with E-state index in [1.807, 2.05) is 4.90 Å². The van der Waals surface area contributed by atoms with Gasteiger partial charge >= 0.3 is 0 Å². The highest BCUT2D eigenvalue weighted by Gasteiger charge is 2.16. The summed E-state index contributed by atoms with van der Waals surface area (Å²) in [4.78, 5) is 10.4. The van der Waals surface area contributed by atoms with Crippen LogP contribution in [0.4, 0.5) is 11.6 Å². The smallest absolute Gasteiger partial charge is 0.148 e. The second kappa shape index (κ2) is 8.63. The van der Waals surface area contributed by atoms with Crippen LogP contribution in [-0.4, -0.2) is 48.5 Å². The Morgan fingerprint density at radius 1 is 1.42 bits per heavy atom. The van der Waals surface area contributed by atoms with Gasteiger partial charge in [-0.3, -0.25) is 0 Å². The van der Waals surface area contributed by atoms with Crippen molar-refractivity contribution in [3.05, 3.63) is 11.9 Å². The number of aromatic nitrogens is 2. The molecule has 0 atom stereocenters. The number of aliphatic hydroxyl groups is 1. The van der Waals surface area contributed by atoms with Crippen molar-refractivity contribution in [1.29, 1.82) is 0 Å². The van der Waals surface area contributed by atoms with E-state index in [2.05, 4.69) is 22.3 Å². The SMILES string of the molecule is CCCc1c(NN)ncnc1N(CCO)CCOC. The number of nitrogen functional groups attached to an aromatic ring is 1. The molecule has 0 fully saturated rings. The van der Waals surface area contributed by atoms with Crippen molar-refractivity contribution in [2.24, 2.45) is 5.84 Å². The fourth-order valence-electron chi connectivity index (χ4n) is 1.93. The third kappa shape index (κ3) is 4.30. The molecule has 0 aliphatic heterocycles. The van der Waals surface area contributed by atoms with Crippen LogP contribution in [0, 0.1) is 0 Å². The highest BCUT2D eigenvalue weighted by molar-refractivity contribution is 5.58. The quantitative estimate of drug-likeness (QED) is 0.434. The molecule has 0 saturated heterocycles. The van der Waals surface area contributed by atoms with Gasteiger partial charge in [0.05, 0.1) is 13.2 Å². The molecule has 1 aromatic rings. The predicted octanol–water partition coefficient (Wildman–Crippen LogP) is 0.160. The molecule has 0 saturated carbocycles. The lowest BCUT2D eigenvalue weighted by Gasteiger charge is -2.25. The van der Waals surface area contributed by atoms with Gasteiger partial charge < -0.3 is 20.2 Å². The predicted molar refractivity (Wildman–Crippen MR) is 75.0 cm³/mol. The molecule has 0 spiro atoms. The van der Waals surface area contributed by atoms with Crippen molar-refractivity contribution >= 4 is 11.6 Å². The van der Waals surface area contributed by atoms with Crippen molar-refractivity contribution < 1.29 is 9.84 Å². The maximum absolute atomic E-state index is 9.18. The van der Waals surface area contributed by atoms with Crippen LogP contribution >= 0.6 is 0 Å². The number of ether oxygens (including phenoxy) is 1. The van der Waals surface area contributed by atoms with Gasteiger partial charge in [0, 0.05) is 25.8 Å². The molecule has 0 unspecified atom stereocenters. The fraction of sp³-hybridized carbons (Fsp3) is 0.667. The average Bonchev–Trinajstić information content (AvgIpc) is 2.44. The fourth-order valence-corrected chi connectivity index (χ4v) is 1.93. The lowest BCUT2D eigenvalue weighted by Crippen LogP contribution is -2.32. The maximum Gasteiger partial charge on any atom is 0.148 e. The Morgan fingerprint density at radius 3 is 2.79 bits per heavy atom. The summed E-state index contributed by atoms with van der Waals surface area (Å²) in [7, 11) is 1.65. The van der Waals surface area contributed by atoms with Crippen LogP contribution in [0.1, 0.15) is 18.9 Å². The summed E-state index contributed by atoms with van der Waals surface area (Å²) in [6, 6.07) is 0. The van der Waals surface area contributed by atoms with Gasteiger partial charge in [0.2, 0.25) is 0 Å². The molecule has 4 N–H and O–H groups in total. The van der Waals surface area contributed by atoms with E-state index in [9.17, 15) is 5.11 Å². The third-order valence-corrected chi connectivity index (χ3v) is 2.79. The summed E-state index contributed by atoms with van der Waals surface area (Å²) in [5, 5.41) is 9.18. The Kier molecular flexibility index (Phi) is 7.09.